The van der Waals surface area contributed by atoms with Gasteiger partial charge in [-0.2, -0.15) is 0 Å². The molecule has 0 aliphatic carbocycles. The molecule has 0 aliphatic rings. The first-order valence-corrected chi connectivity index (χ1v) is 22.4. The van der Waals surface area contributed by atoms with Crippen LogP contribution in [0, 0.1) is 0 Å². The molecule has 0 fully saturated rings. The number of rotatable bonds is 0. The van der Waals surface area contributed by atoms with Crippen molar-refractivity contribution in [3.63, 3.8) is 0 Å². The van der Waals surface area contributed by atoms with Gasteiger partial charge in [0.15, 0.2) is 0 Å². The summed E-state index contributed by atoms with van der Waals surface area (Å²) in [6, 6.07) is 0. The van der Waals surface area contributed by atoms with Gasteiger partial charge in [0.2, 0.25) is 0 Å². The van der Waals surface area contributed by atoms with Crippen molar-refractivity contribution < 1.29 is 0 Å². The number of hydrogen-bond donors (Lipinski definition) is 0. The molecule has 0 atom stereocenters. The maximum absolute atomic E-state index is 2.54. The third kappa shape index (κ3) is 18.8. The second-order valence-electron chi connectivity index (χ2n) is 0.781. The van der Waals surface area contributed by atoms with Gasteiger partial charge in [0.1, 0.15) is 0 Å². The SMILES string of the molecule is [Li][Ge]([I])([I])[I]. The van der Waals surface area contributed by atoms with Gasteiger partial charge in [-0.3, -0.25) is 0 Å². The van der Waals surface area contributed by atoms with Crippen molar-refractivity contribution >= 4 is 77.4 Å². The Balaban J connectivity index is 3.02. The van der Waals surface area contributed by atoms with E-state index in [-0.39, 0.29) is 0 Å². The molecule has 0 aliphatic heterocycles. The molecule has 5 heavy (non-hydrogen) atoms. The summed E-state index contributed by atoms with van der Waals surface area (Å²) >= 11 is 9.95. The van der Waals surface area contributed by atoms with E-state index in [1.54, 1.807) is 0 Å². The molecule has 0 aromatic carbocycles. The quantitative estimate of drug-likeness (QED) is 0.383. The van der Waals surface area contributed by atoms with E-state index >= 15 is 0 Å². The van der Waals surface area contributed by atoms with Crippen LogP contribution in [0.4, 0.5) is 0 Å². The standard InChI is InChI=1S/GeI3.Li/c2-1(3)4;. The molecule has 0 spiro atoms. The van der Waals surface area contributed by atoms with Crippen LogP contribution >= 0.6 is 60.6 Å². The van der Waals surface area contributed by atoms with Crippen LogP contribution in [-0.2, 0) is 0 Å². The monoisotopic (exact) mass is 462 g/mol. The summed E-state index contributed by atoms with van der Waals surface area (Å²) in [6.45, 7) is 0. The molecule has 0 rings (SSSR count). The third-order valence-electron chi connectivity index (χ3n) is 0. The summed E-state index contributed by atoms with van der Waals surface area (Å²) in [5.41, 5.74) is 0. The molecule has 0 N–H and O–H groups in total. The predicted molar refractivity (Wildman–Crippen MR) is 53.6 cm³/mol. The Morgan fingerprint density at radius 2 is 1.20 bits per heavy atom. The molecule has 0 saturated carbocycles. The van der Waals surface area contributed by atoms with Crippen molar-refractivity contribution in [2.75, 3.05) is 0 Å². The molecule has 0 bridgehead atoms. The van der Waals surface area contributed by atoms with E-state index in [4.69, 9.17) is 0 Å². The zero-order valence-electron chi connectivity index (χ0n) is 2.63. The van der Waals surface area contributed by atoms with E-state index in [9.17, 15) is 0 Å². The zero-order chi connectivity index (χ0) is 4.50. The topological polar surface area (TPSA) is 0 Å². The van der Waals surface area contributed by atoms with Crippen LogP contribution in [0.5, 0.6) is 0 Å². The van der Waals surface area contributed by atoms with Gasteiger partial charge in [0.25, 0.3) is 0 Å². The van der Waals surface area contributed by atoms with Gasteiger partial charge in [-0.25, -0.2) is 0 Å². The van der Waals surface area contributed by atoms with Crippen molar-refractivity contribution in [1.82, 2.24) is 0 Å². The second kappa shape index (κ2) is 3.37. The first kappa shape index (κ1) is 8.33. The number of hydrogen-bond acceptors (Lipinski definition) is 0. The van der Waals surface area contributed by atoms with Crippen LogP contribution in [0.15, 0.2) is 0 Å². The molecule has 0 unspecified atom stereocenters. The Kier molecular flexibility index (Phi) is 5.62. The van der Waals surface area contributed by atoms with E-state index in [1.165, 1.54) is 0 Å². The summed E-state index contributed by atoms with van der Waals surface area (Å²) in [7, 11) is 0. The Morgan fingerprint density at radius 3 is 1.20 bits per heavy atom. The Hall–Kier alpha value is 3.33. The average molecular weight is 460 g/mol. The summed E-state index contributed by atoms with van der Waals surface area (Å²) in [4.78, 5) is 0. The van der Waals surface area contributed by atoms with E-state index in [0.29, 0.717) is 0 Å². The molecular weight excluding hydrogens is 460 g/mol. The van der Waals surface area contributed by atoms with E-state index in [2.05, 4.69) is 76.3 Å². The summed E-state index contributed by atoms with van der Waals surface area (Å²) in [6.07, 6.45) is 0. The van der Waals surface area contributed by atoms with Crippen LogP contribution in [0.2, 0.25) is 0 Å². The normalized spacial score (nSPS) is 12.2. The van der Waals surface area contributed by atoms with Gasteiger partial charge >= 0.3 is 77.4 Å². The van der Waals surface area contributed by atoms with E-state index in [0.717, 1.165) is 0 Å². The van der Waals surface area contributed by atoms with Crippen molar-refractivity contribution in [2.45, 2.75) is 0 Å². The van der Waals surface area contributed by atoms with Gasteiger partial charge in [-0.15, -0.1) is 0 Å². The minimum atomic E-state index is -1.09. The molecule has 0 radical (unpaired) electrons. The Labute approximate surface area is 75.2 Å². The average Bonchev–Trinajstić information content (AvgIpc) is 0.722. The zero-order valence-corrected chi connectivity index (χ0v) is 11.2. The van der Waals surface area contributed by atoms with E-state index < -0.39 is 1.11 Å². The van der Waals surface area contributed by atoms with Gasteiger partial charge in [-0.1, -0.05) is 0 Å². The predicted octanol–water partition coefficient (Wildman–Crippen LogP) is 1.90. The van der Waals surface area contributed by atoms with Crippen molar-refractivity contribution in [1.29, 1.82) is 0 Å². The first-order chi connectivity index (χ1) is 2.00. The molecule has 0 saturated heterocycles. The summed E-state index contributed by atoms with van der Waals surface area (Å²) in [5.74, 6) is 0. The molecule has 5 heteroatoms. The van der Waals surface area contributed by atoms with E-state index in [1.807, 2.05) is 0 Å². The van der Waals surface area contributed by atoms with Crippen LogP contribution in [0.3, 0.4) is 0 Å². The van der Waals surface area contributed by atoms with Crippen molar-refractivity contribution in [2.24, 2.45) is 0 Å². The Morgan fingerprint density at radius 1 is 1.20 bits per heavy atom. The van der Waals surface area contributed by atoms with Crippen molar-refractivity contribution in [3.8, 4) is 0 Å². The summed E-state index contributed by atoms with van der Waals surface area (Å²) < 4.78 is -1.09. The van der Waals surface area contributed by atoms with Crippen molar-refractivity contribution in [3.05, 3.63) is 0 Å². The Bertz CT molecular complexity index is 22.4. The maximum atomic E-state index is 2.54. The second-order valence-corrected chi connectivity index (χ2v) is 69.9. The van der Waals surface area contributed by atoms with Gasteiger partial charge in [0, 0.05) is 0 Å². The third-order valence-corrected chi connectivity index (χ3v) is 0. The van der Waals surface area contributed by atoms with Crippen LogP contribution in [0.1, 0.15) is 0 Å². The fourth-order valence-corrected chi connectivity index (χ4v) is 0. The minimum absolute atomic E-state index is 1.09. The van der Waals surface area contributed by atoms with Crippen LogP contribution in [0.25, 0.3) is 0 Å². The summed E-state index contributed by atoms with van der Waals surface area (Å²) in [5, 5.41) is 0. The van der Waals surface area contributed by atoms with Crippen LogP contribution in [-0.4, -0.2) is 16.8 Å². The molecule has 0 heterocycles. The molecule has 0 nitrogen and oxygen atoms in total. The van der Waals surface area contributed by atoms with Gasteiger partial charge in [-0.05, 0) is 0 Å². The number of halogens is 3. The molecule has 26 valence electrons. The molecule has 0 amide bonds. The van der Waals surface area contributed by atoms with Gasteiger partial charge in [0.05, 0.1) is 0 Å². The fourth-order valence-electron chi connectivity index (χ4n) is 0. The van der Waals surface area contributed by atoms with Crippen LogP contribution < -0.4 is 0 Å². The molecule has 0 aromatic rings. The first-order valence-electron chi connectivity index (χ1n) is 1.07. The molecule has 0 aromatic heterocycles. The van der Waals surface area contributed by atoms with Gasteiger partial charge < -0.3 is 0 Å². The molecular formula is GeI3Li. The fraction of sp³-hybridized carbons (Fsp3) is 0.